The Labute approximate surface area is 85.1 Å². The topological polar surface area (TPSA) is 61.4 Å². The van der Waals surface area contributed by atoms with E-state index in [2.05, 4.69) is 24.5 Å². The van der Waals surface area contributed by atoms with Gasteiger partial charge in [0.25, 0.3) is 0 Å². The first kappa shape index (κ1) is 11.3. The van der Waals surface area contributed by atoms with Crippen LogP contribution in [-0.4, -0.2) is 29.8 Å². The first-order valence-electron chi connectivity index (χ1n) is 5.21. The van der Waals surface area contributed by atoms with Crippen molar-refractivity contribution in [1.82, 2.24) is 10.6 Å². The minimum absolute atomic E-state index is 0.269. The van der Waals surface area contributed by atoms with Gasteiger partial charge in [-0.25, -0.2) is 4.79 Å². The van der Waals surface area contributed by atoms with Crippen LogP contribution in [0.15, 0.2) is 0 Å². The Morgan fingerprint density at radius 3 is 2.86 bits per heavy atom. The molecule has 0 saturated carbocycles. The van der Waals surface area contributed by atoms with Gasteiger partial charge in [-0.15, -0.1) is 0 Å². The van der Waals surface area contributed by atoms with E-state index >= 15 is 0 Å². The summed E-state index contributed by atoms with van der Waals surface area (Å²) in [5.74, 6) is 0.709. The van der Waals surface area contributed by atoms with Gasteiger partial charge in [-0.2, -0.15) is 0 Å². The quantitative estimate of drug-likeness (QED) is 0.601. The Hall–Kier alpha value is -0.770. The SMILES string of the molecule is CC1(C)C[C@@H](CCCNC(=O)O)CN1. The molecule has 1 aliphatic rings. The highest BCUT2D eigenvalue weighted by atomic mass is 16.4. The van der Waals surface area contributed by atoms with Crippen molar-refractivity contribution in [2.45, 2.75) is 38.6 Å². The Balaban J connectivity index is 2.06. The number of carboxylic acid groups (broad SMARTS) is 1. The van der Waals surface area contributed by atoms with E-state index < -0.39 is 6.09 Å². The lowest BCUT2D eigenvalue weighted by atomic mass is 9.94. The summed E-state index contributed by atoms with van der Waals surface area (Å²) >= 11 is 0. The molecule has 0 aromatic carbocycles. The molecule has 82 valence electrons. The summed E-state index contributed by atoms with van der Waals surface area (Å²) in [6.07, 6.45) is 2.32. The molecular formula is C10H20N2O2. The largest absolute Gasteiger partial charge is 0.465 e. The molecule has 14 heavy (non-hydrogen) atoms. The summed E-state index contributed by atoms with van der Waals surface area (Å²) in [6, 6.07) is 0. The van der Waals surface area contributed by atoms with E-state index in [0.717, 1.165) is 19.4 Å². The summed E-state index contributed by atoms with van der Waals surface area (Å²) in [6.45, 7) is 6.07. The molecule has 4 nitrogen and oxygen atoms in total. The fourth-order valence-electron chi connectivity index (χ4n) is 2.08. The lowest BCUT2D eigenvalue weighted by Crippen LogP contribution is -2.31. The maximum atomic E-state index is 10.2. The molecule has 0 bridgehead atoms. The summed E-state index contributed by atoms with van der Waals surface area (Å²) < 4.78 is 0. The minimum atomic E-state index is -0.921. The van der Waals surface area contributed by atoms with Gasteiger partial charge < -0.3 is 15.7 Å². The predicted molar refractivity (Wildman–Crippen MR) is 55.5 cm³/mol. The Morgan fingerprint density at radius 2 is 2.36 bits per heavy atom. The molecule has 3 N–H and O–H groups in total. The summed E-state index contributed by atoms with van der Waals surface area (Å²) in [5, 5.41) is 14.2. The van der Waals surface area contributed by atoms with Crippen molar-refractivity contribution in [3.05, 3.63) is 0 Å². The van der Waals surface area contributed by atoms with E-state index in [0.29, 0.717) is 12.5 Å². The van der Waals surface area contributed by atoms with Crippen molar-refractivity contribution in [3.8, 4) is 0 Å². The second-order valence-electron chi connectivity index (χ2n) is 4.71. The van der Waals surface area contributed by atoms with Crippen molar-refractivity contribution in [2.24, 2.45) is 5.92 Å². The van der Waals surface area contributed by atoms with Crippen LogP contribution >= 0.6 is 0 Å². The second kappa shape index (κ2) is 4.64. The predicted octanol–water partition coefficient (Wildman–Crippen LogP) is 1.42. The van der Waals surface area contributed by atoms with Gasteiger partial charge in [0.1, 0.15) is 0 Å². The van der Waals surface area contributed by atoms with Gasteiger partial charge in [0, 0.05) is 12.1 Å². The highest BCUT2D eigenvalue weighted by molar-refractivity contribution is 5.64. The lowest BCUT2D eigenvalue weighted by Gasteiger charge is -2.17. The first-order valence-corrected chi connectivity index (χ1v) is 5.21. The zero-order valence-corrected chi connectivity index (χ0v) is 8.97. The van der Waals surface area contributed by atoms with Crippen LogP contribution in [0.3, 0.4) is 0 Å². The zero-order chi connectivity index (χ0) is 10.6. The molecule has 1 aliphatic heterocycles. The van der Waals surface area contributed by atoms with Crippen LogP contribution in [0.1, 0.15) is 33.1 Å². The maximum absolute atomic E-state index is 10.2. The van der Waals surface area contributed by atoms with Gasteiger partial charge in [0.2, 0.25) is 0 Å². The molecule has 0 aromatic rings. The van der Waals surface area contributed by atoms with Gasteiger partial charge in [0.05, 0.1) is 0 Å². The number of rotatable bonds is 4. The third-order valence-electron chi connectivity index (χ3n) is 2.73. The van der Waals surface area contributed by atoms with E-state index in [4.69, 9.17) is 5.11 Å². The van der Waals surface area contributed by atoms with E-state index in [1.54, 1.807) is 0 Å². The smallest absolute Gasteiger partial charge is 0.404 e. The molecular weight excluding hydrogens is 180 g/mol. The third kappa shape index (κ3) is 3.96. The Kier molecular flexibility index (Phi) is 3.75. The standard InChI is InChI=1S/C10H20N2O2/c1-10(2)6-8(7-12-10)4-3-5-11-9(13)14/h8,11-12H,3-7H2,1-2H3,(H,13,14)/t8-/m1/s1. The Bertz CT molecular complexity index is 204. The van der Waals surface area contributed by atoms with Crippen LogP contribution in [0.2, 0.25) is 0 Å². The van der Waals surface area contributed by atoms with Crippen LogP contribution in [0.25, 0.3) is 0 Å². The average Bonchev–Trinajstić information content (AvgIpc) is 2.39. The maximum Gasteiger partial charge on any atom is 0.404 e. The van der Waals surface area contributed by atoms with Crippen LogP contribution in [-0.2, 0) is 0 Å². The van der Waals surface area contributed by atoms with E-state index in [1.807, 2.05) is 0 Å². The normalized spacial score (nSPS) is 24.9. The molecule has 0 aromatic heterocycles. The van der Waals surface area contributed by atoms with Gasteiger partial charge in [-0.05, 0) is 45.6 Å². The molecule has 1 heterocycles. The third-order valence-corrected chi connectivity index (χ3v) is 2.73. The summed E-state index contributed by atoms with van der Waals surface area (Å²) in [5.41, 5.74) is 0.269. The first-order chi connectivity index (χ1) is 6.49. The van der Waals surface area contributed by atoms with Crippen molar-refractivity contribution >= 4 is 6.09 Å². The van der Waals surface area contributed by atoms with Gasteiger partial charge in [-0.3, -0.25) is 0 Å². The molecule has 0 aliphatic carbocycles. The molecule has 1 atom stereocenters. The van der Waals surface area contributed by atoms with Crippen molar-refractivity contribution in [1.29, 1.82) is 0 Å². The molecule has 4 heteroatoms. The van der Waals surface area contributed by atoms with Crippen LogP contribution in [0, 0.1) is 5.92 Å². The van der Waals surface area contributed by atoms with Gasteiger partial charge in [-0.1, -0.05) is 0 Å². The number of amides is 1. The van der Waals surface area contributed by atoms with Crippen LogP contribution in [0.4, 0.5) is 4.79 Å². The number of hydrogen-bond donors (Lipinski definition) is 3. The van der Waals surface area contributed by atoms with Crippen molar-refractivity contribution in [2.75, 3.05) is 13.1 Å². The summed E-state index contributed by atoms with van der Waals surface area (Å²) in [7, 11) is 0. The molecule has 1 rings (SSSR count). The van der Waals surface area contributed by atoms with Crippen molar-refractivity contribution in [3.63, 3.8) is 0 Å². The fraction of sp³-hybridized carbons (Fsp3) is 0.900. The fourth-order valence-corrected chi connectivity index (χ4v) is 2.08. The molecule has 0 unspecified atom stereocenters. The molecule has 1 amide bonds. The minimum Gasteiger partial charge on any atom is -0.465 e. The average molecular weight is 200 g/mol. The van der Waals surface area contributed by atoms with Crippen LogP contribution in [0.5, 0.6) is 0 Å². The number of nitrogens with one attached hydrogen (secondary N) is 2. The van der Waals surface area contributed by atoms with Crippen LogP contribution < -0.4 is 10.6 Å². The number of hydrogen-bond acceptors (Lipinski definition) is 2. The molecule has 0 radical (unpaired) electrons. The van der Waals surface area contributed by atoms with Crippen molar-refractivity contribution < 1.29 is 9.90 Å². The lowest BCUT2D eigenvalue weighted by molar-refractivity contribution is 0.194. The zero-order valence-electron chi connectivity index (χ0n) is 8.97. The van der Waals surface area contributed by atoms with E-state index in [9.17, 15) is 4.79 Å². The van der Waals surface area contributed by atoms with Gasteiger partial charge in [0.15, 0.2) is 0 Å². The molecule has 0 spiro atoms. The monoisotopic (exact) mass is 200 g/mol. The summed E-state index contributed by atoms with van der Waals surface area (Å²) in [4.78, 5) is 10.2. The second-order valence-corrected chi connectivity index (χ2v) is 4.71. The number of carbonyl (C=O) groups is 1. The van der Waals surface area contributed by atoms with E-state index in [-0.39, 0.29) is 5.54 Å². The molecule has 1 saturated heterocycles. The van der Waals surface area contributed by atoms with E-state index in [1.165, 1.54) is 6.42 Å². The molecule has 1 fully saturated rings. The van der Waals surface area contributed by atoms with Gasteiger partial charge >= 0.3 is 6.09 Å². The Morgan fingerprint density at radius 1 is 1.64 bits per heavy atom. The highest BCUT2D eigenvalue weighted by Crippen LogP contribution is 2.26. The highest BCUT2D eigenvalue weighted by Gasteiger charge is 2.29.